The molecule has 0 radical (unpaired) electrons. The summed E-state index contributed by atoms with van der Waals surface area (Å²) >= 11 is 0. The third-order valence-corrected chi connectivity index (χ3v) is 3.33. The lowest BCUT2D eigenvalue weighted by Gasteiger charge is -2.34. The number of carbonyl (C=O) groups excluding carboxylic acids is 1. The molecule has 0 spiro atoms. The molecule has 0 aliphatic carbocycles. The highest BCUT2D eigenvalue weighted by molar-refractivity contribution is 5.88. The van der Waals surface area contributed by atoms with Crippen LogP contribution in [0.15, 0.2) is 18.2 Å². The smallest absolute Gasteiger partial charge is 0.338 e. The summed E-state index contributed by atoms with van der Waals surface area (Å²) in [5, 5.41) is 24.4. The highest BCUT2D eigenvalue weighted by atomic mass is 19.1. The Balaban J connectivity index is 3.11. The average molecular weight is 327 g/mol. The number of carboxylic acids is 1. The van der Waals surface area contributed by atoms with E-state index in [-0.39, 0.29) is 12.1 Å². The third-order valence-electron chi connectivity index (χ3n) is 3.33. The predicted molar refractivity (Wildman–Crippen MR) is 82.6 cm³/mol. The minimum absolute atomic E-state index is 0.0343. The molecule has 0 aromatic heterocycles. The first-order valence-electron chi connectivity index (χ1n) is 7.06. The number of aromatic carboxylic acids is 1. The third kappa shape index (κ3) is 5.19. The number of nitrogens with two attached hydrogens (primary N) is 1. The van der Waals surface area contributed by atoms with Crippen molar-refractivity contribution in [3.05, 3.63) is 35.1 Å². The highest BCUT2D eigenvalue weighted by Gasteiger charge is 2.29. The lowest BCUT2D eigenvalue weighted by Crippen LogP contribution is -2.53. The fourth-order valence-corrected chi connectivity index (χ4v) is 2.19. The first kappa shape index (κ1) is 18.9. The number of urea groups is 1. The molecule has 7 nitrogen and oxygen atoms in total. The van der Waals surface area contributed by atoms with Gasteiger partial charge in [-0.15, -0.1) is 0 Å². The second-order valence-corrected chi connectivity index (χ2v) is 5.98. The molecule has 2 amide bonds. The van der Waals surface area contributed by atoms with Gasteiger partial charge in [0.1, 0.15) is 5.82 Å². The van der Waals surface area contributed by atoms with Crippen LogP contribution in [0.1, 0.15) is 42.7 Å². The van der Waals surface area contributed by atoms with Gasteiger partial charge in [0.25, 0.3) is 0 Å². The van der Waals surface area contributed by atoms with Crippen molar-refractivity contribution in [3.8, 4) is 0 Å². The topological polar surface area (TPSA) is 125 Å². The van der Waals surface area contributed by atoms with E-state index in [0.29, 0.717) is 0 Å². The van der Waals surface area contributed by atoms with Crippen molar-refractivity contribution in [2.45, 2.75) is 38.5 Å². The Morgan fingerprint density at radius 3 is 2.48 bits per heavy atom. The second-order valence-electron chi connectivity index (χ2n) is 5.98. The van der Waals surface area contributed by atoms with Gasteiger partial charge in [-0.1, -0.05) is 12.1 Å². The average Bonchev–Trinajstić information content (AvgIpc) is 2.43. The summed E-state index contributed by atoms with van der Waals surface area (Å²) in [6.07, 6.45) is -0.999. The number of halogens is 1. The minimum Gasteiger partial charge on any atom is -0.478 e. The van der Waals surface area contributed by atoms with Crippen molar-refractivity contribution >= 4 is 12.0 Å². The van der Waals surface area contributed by atoms with Crippen molar-refractivity contribution < 1.29 is 24.2 Å². The summed E-state index contributed by atoms with van der Waals surface area (Å²) in [6.45, 7) is 5.07. The first-order valence-corrected chi connectivity index (χ1v) is 7.06. The molecule has 0 heterocycles. The van der Waals surface area contributed by atoms with Crippen molar-refractivity contribution in [2.24, 2.45) is 5.73 Å². The van der Waals surface area contributed by atoms with Crippen LogP contribution in [0.3, 0.4) is 0 Å². The van der Waals surface area contributed by atoms with Gasteiger partial charge < -0.3 is 26.6 Å². The van der Waals surface area contributed by atoms with E-state index in [4.69, 9.17) is 10.8 Å². The molecule has 0 fully saturated rings. The molecule has 0 saturated heterocycles. The van der Waals surface area contributed by atoms with Crippen LogP contribution in [0.2, 0.25) is 0 Å². The molecule has 0 bridgehead atoms. The van der Waals surface area contributed by atoms with E-state index in [1.165, 1.54) is 19.1 Å². The van der Waals surface area contributed by atoms with Gasteiger partial charge >= 0.3 is 12.0 Å². The van der Waals surface area contributed by atoms with Gasteiger partial charge in [0.15, 0.2) is 0 Å². The van der Waals surface area contributed by atoms with Crippen molar-refractivity contribution in [3.63, 3.8) is 0 Å². The maximum absolute atomic E-state index is 14.4. The van der Waals surface area contributed by atoms with Gasteiger partial charge in [-0.25, -0.2) is 14.0 Å². The first-order chi connectivity index (χ1) is 10.5. The van der Waals surface area contributed by atoms with Crippen LogP contribution in [0.5, 0.6) is 0 Å². The maximum atomic E-state index is 14.4. The van der Waals surface area contributed by atoms with Gasteiger partial charge in [0, 0.05) is 17.6 Å². The number of aliphatic hydroxyl groups excluding tert-OH is 1. The predicted octanol–water partition coefficient (Wildman–Crippen LogP) is 0.982. The zero-order valence-corrected chi connectivity index (χ0v) is 13.3. The maximum Gasteiger partial charge on any atom is 0.338 e. The van der Waals surface area contributed by atoms with Gasteiger partial charge in [0.2, 0.25) is 0 Å². The number of hydrogen-bond acceptors (Lipinski definition) is 4. The Bertz CT molecular complexity index is 590. The molecule has 1 aromatic rings. The number of aliphatic hydroxyl groups is 1. The Labute approximate surface area is 133 Å². The molecule has 8 heteroatoms. The number of primary amides is 1. The lowest BCUT2D eigenvalue weighted by atomic mass is 9.95. The number of amides is 2. The van der Waals surface area contributed by atoms with Gasteiger partial charge in [-0.2, -0.15) is 0 Å². The van der Waals surface area contributed by atoms with E-state index < -0.39 is 41.1 Å². The molecular formula is C15H22FN3O4. The van der Waals surface area contributed by atoms with Crippen molar-refractivity contribution in [1.29, 1.82) is 0 Å². The van der Waals surface area contributed by atoms with Crippen LogP contribution < -0.4 is 16.4 Å². The van der Waals surface area contributed by atoms with Gasteiger partial charge in [0.05, 0.1) is 17.7 Å². The Hall–Kier alpha value is -2.19. The number of hydrogen-bond donors (Lipinski definition) is 5. The van der Waals surface area contributed by atoms with E-state index in [2.05, 4.69) is 10.6 Å². The quantitative estimate of drug-likeness (QED) is 0.510. The number of nitrogens with one attached hydrogen (secondary N) is 2. The van der Waals surface area contributed by atoms with Crippen LogP contribution in [-0.4, -0.2) is 40.4 Å². The Kier molecular flexibility index (Phi) is 6.05. The van der Waals surface area contributed by atoms with Gasteiger partial charge in [-0.3, -0.25) is 0 Å². The number of benzene rings is 1. The van der Waals surface area contributed by atoms with Crippen LogP contribution in [0.25, 0.3) is 0 Å². The van der Waals surface area contributed by atoms with Crippen LogP contribution in [0, 0.1) is 5.82 Å². The normalized spacial score (nSPS) is 14.1. The minimum atomic E-state index is -1.39. The molecule has 23 heavy (non-hydrogen) atoms. The summed E-state index contributed by atoms with van der Waals surface area (Å²) in [4.78, 5) is 21.9. The van der Waals surface area contributed by atoms with E-state index in [9.17, 15) is 19.1 Å². The number of carbonyl (C=O) groups is 2. The van der Waals surface area contributed by atoms with Crippen LogP contribution in [-0.2, 0) is 0 Å². The SMILES string of the molecule is CC(O)C(NC(C)(C)CNC(N)=O)c1cccc(C(=O)O)c1F. The molecule has 2 atom stereocenters. The summed E-state index contributed by atoms with van der Waals surface area (Å²) in [6, 6.07) is 2.41. The summed E-state index contributed by atoms with van der Waals surface area (Å²) < 4.78 is 14.4. The molecule has 0 aliphatic rings. The van der Waals surface area contributed by atoms with E-state index in [1.807, 2.05) is 0 Å². The van der Waals surface area contributed by atoms with Crippen LogP contribution >= 0.6 is 0 Å². The highest BCUT2D eigenvalue weighted by Crippen LogP contribution is 2.25. The number of carboxylic acid groups (broad SMARTS) is 1. The summed E-state index contributed by atoms with van der Waals surface area (Å²) in [7, 11) is 0. The van der Waals surface area contributed by atoms with Crippen LogP contribution in [0.4, 0.5) is 9.18 Å². The van der Waals surface area contributed by atoms with Crippen molar-refractivity contribution in [2.75, 3.05) is 6.54 Å². The molecule has 6 N–H and O–H groups in total. The number of rotatable bonds is 7. The molecular weight excluding hydrogens is 305 g/mol. The van der Waals surface area contributed by atoms with Gasteiger partial charge in [-0.05, 0) is 26.8 Å². The molecule has 0 saturated carbocycles. The molecule has 128 valence electrons. The zero-order valence-electron chi connectivity index (χ0n) is 13.3. The fraction of sp³-hybridized carbons (Fsp3) is 0.467. The molecule has 0 aliphatic heterocycles. The summed E-state index contributed by atoms with van der Waals surface area (Å²) in [5.74, 6) is -2.29. The Morgan fingerprint density at radius 1 is 1.39 bits per heavy atom. The lowest BCUT2D eigenvalue weighted by molar-refractivity contribution is 0.0690. The van der Waals surface area contributed by atoms with E-state index >= 15 is 0 Å². The van der Waals surface area contributed by atoms with Crippen molar-refractivity contribution in [1.82, 2.24) is 10.6 Å². The zero-order chi connectivity index (χ0) is 17.8. The molecule has 2 unspecified atom stereocenters. The molecule has 1 rings (SSSR count). The monoisotopic (exact) mass is 327 g/mol. The summed E-state index contributed by atoms with van der Waals surface area (Å²) in [5.41, 5.74) is 3.87. The van der Waals surface area contributed by atoms with E-state index in [1.54, 1.807) is 13.8 Å². The Morgan fingerprint density at radius 2 is 2.00 bits per heavy atom. The largest absolute Gasteiger partial charge is 0.478 e. The van der Waals surface area contributed by atoms with E-state index in [0.717, 1.165) is 6.07 Å². The fourth-order valence-electron chi connectivity index (χ4n) is 2.19. The molecule has 1 aromatic carbocycles. The standard InChI is InChI=1S/C15H22FN3O4/c1-8(20)12(19-15(2,3)7-18-14(17)23)9-5-4-6-10(11(9)16)13(21)22/h4-6,8,12,19-20H,7H2,1-3H3,(H,21,22)(H3,17,18,23). The second kappa shape index (κ2) is 7.38.